The summed E-state index contributed by atoms with van der Waals surface area (Å²) in [6.07, 6.45) is 4.32. The molecule has 3 atom stereocenters. The van der Waals surface area contributed by atoms with Crippen LogP contribution in [0.5, 0.6) is 5.75 Å². The molecule has 3 heterocycles. The second-order valence-electron chi connectivity index (χ2n) is 8.46. The fourth-order valence-electron chi connectivity index (χ4n) is 5.26. The van der Waals surface area contributed by atoms with E-state index in [9.17, 15) is 23.9 Å². The van der Waals surface area contributed by atoms with Crippen LogP contribution in [0.4, 0.5) is 4.39 Å². The largest absolute Gasteiger partial charge is 0.503 e. The highest BCUT2D eigenvalue weighted by molar-refractivity contribution is 5.99. The Kier molecular flexibility index (Phi) is 4.20. The fourth-order valence-corrected chi connectivity index (χ4v) is 5.26. The summed E-state index contributed by atoms with van der Waals surface area (Å²) in [4.78, 5) is 40.1. The maximum atomic E-state index is 14.2. The number of aryl methyl sites for hydroxylation is 1. The van der Waals surface area contributed by atoms with Gasteiger partial charge in [0.15, 0.2) is 11.4 Å². The summed E-state index contributed by atoms with van der Waals surface area (Å²) in [6.45, 7) is 1.99. The molecule has 2 bridgehead atoms. The van der Waals surface area contributed by atoms with E-state index >= 15 is 0 Å². The highest BCUT2D eigenvalue weighted by Crippen LogP contribution is 2.45. The van der Waals surface area contributed by atoms with Crippen LogP contribution in [0.1, 0.15) is 51.2 Å². The van der Waals surface area contributed by atoms with Crippen LogP contribution in [0.15, 0.2) is 29.2 Å². The number of hydrogen-bond acceptors (Lipinski definition) is 4. The number of nitrogens with one attached hydrogen (secondary N) is 1. The van der Waals surface area contributed by atoms with E-state index in [4.69, 9.17) is 0 Å². The van der Waals surface area contributed by atoms with Crippen molar-refractivity contribution in [3.05, 3.63) is 62.8 Å². The summed E-state index contributed by atoms with van der Waals surface area (Å²) in [7, 11) is 0. The zero-order chi connectivity index (χ0) is 21.2. The molecule has 1 aromatic carbocycles. The Morgan fingerprint density at radius 1 is 1.30 bits per heavy atom. The van der Waals surface area contributed by atoms with Crippen molar-refractivity contribution in [3.8, 4) is 5.75 Å². The second-order valence-corrected chi connectivity index (χ2v) is 8.46. The Bertz CT molecular complexity index is 1140. The molecule has 7 nitrogen and oxygen atoms in total. The number of piperidine rings is 1. The third-order valence-corrected chi connectivity index (χ3v) is 6.77. The maximum absolute atomic E-state index is 14.2. The standard InChI is InChI=1S/C22H22FN3O4/c1-11-3-2-4-13(17(11)23)8-24-21(29)15-9-25-10-16-12-5-6-14(7-12)26(16)22(30)18(25)20(28)19(15)27/h2-4,9,12,14,16,28H,5-8,10H2,1H3,(H,24,29)/t12-,14+,16-/m0/s1. The first-order valence-electron chi connectivity index (χ1n) is 10.2. The number of benzene rings is 1. The minimum absolute atomic E-state index is 0.0305. The highest BCUT2D eigenvalue weighted by atomic mass is 19.1. The van der Waals surface area contributed by atoms with Crippen molar-refractivity contribution in [1.29, 1.82) is 0 Å². The van der Waals surface area contributed by atoms with Gasteiger partial charge in [0.25, 0.3) is 11.8 Å². The van der Waals surface area contributed by atoms with Crippen LogP contribution in [0.2, 0.25) is 0 Å². The molecule has 30 heavy (non-hydrogen) atoms. The first-order chi connectivity index (χ1) is 14.4. The van der Waals surface area contributed by atoms with Gasteiger partial charge in [-0.2, -0.15) is 0 Å². The summed E-state index contributed by atoms with van der Waals surface area (Å²) in [5.41, 5.74) is -0.431. The Morgan fingerprint density at radius 3 is 2.90 bits per heavy atom. The Hall–Kier alpha value is -3.16. The van der Waals surface area contributed by atoms with E-state index in [0.717, 1.165) is 19.3 Å². The summed E-state index contributed by atoms with van der Waals surface area (Å²) in [5, 5.41) is 13.0. The average Bonchev–Trinajstić information content (AvgIpc) is 3.33. The maximum Gasteiger partial charge on any atom is 0.275 e. The Morgan fingerprint density at radius 2 is 2.10 bits per heavy atom. The molecule has 2 aliphatic heterocycles. The van der Waals surface area contributed by atoms with E-state index < -0.39 is 22.9 Å². The molecule has 0 spiro atoms. The molecule has 8 heteroatoms. The first-order valence-corrected chi connectivity index (χ1v) is 10.2. The number of hydrogen-bond donors (Lipinski definition) is 2. The van der Waals surface area contributed by atoms with Crippen molar-refractivity contribution in [3.63, 3.8) is 0 Å². The van der Waals surface area contributed by atoms with Gasteiger partial charge in [0.2, 0.25) is 5.43 Å². The van der Waals surface area contributed by atoms with Gasteiger partial charge in [-0.05, 0) is 37.7 Å². The number of pyridine rings is 1. The van der Waals surface area contributed by atoms with E-state index in [1.807, 2.05) is 4.90 Å². The number of fused-ring (bicyclic) bond motifs is 6. The molecule has 0 unspecified atom stereocenters. The number of carbonyl (C=O) groups excluding carboxylic acids is 2. The molecule has 156 valence electrons. The van der Waals surface area contributed by atoms with E-state index in [-0.39, 0.29) is 35.8 Å². The van der Waals surface area contributed by atoms with Crippen molar-refractivity contribution in [2.75, 3.05) is 0 Å². The quantitative estimate of drug-likeness (QED) is 0.808. The minimum Gasteiger partial charge on any atom is -0.503 e. The van der Waals surface area contributed by atoms with Crippen LogP contribution in [-0.2, 0) is 13.1 Å². The first kappa shape index (κ1) is 18.8. The van der Waals surface area contributed by atoms with E-state index in [2.05, 4.69) is 5.32 Å². The summed E-state index contributed by atoms with van der Waals surface area (Å²) in [5.74, 6) is -1.76. The van der Waals surface area contributed by atoms with Crippen molar-refractivity contribution in [2.45, 2.75) is 51.4 Å². The average molecular weight is 411 g/mol. The lowest BCUT2D eigenvalue weighted by Crippen LogP contribution is -2.52. The number of halogens is 1. The lowest BCUT2D eigenvalue weighted by Gasteiger charge is -2.40. The summed E-state index contributed by atoms with van der Waals surface area (Å²) < 4.78 is 15.7. The van der Waals surface area contributed by atoms with Gasteiger partial charge in [-0.25, -0.2) is 4.39 Å². The summed E-state index contributed by atoms with van der Waals surface area (Å²) in [6, 6.07) is 5.07. The molecule has 5 rings (SSSR count). The molecule has 2 N–H and O–H groups in total. The molecular formula is C22H22FN3O4. The number of nitrogens with zero attached hydrogens (tertiary/aromatic N) is 2. The molecule has 2 fully saturated rings. The third-order valence-electron chi connectivity index (χ3n) is 6.77. The van der Waals surface area contributed by atoms with Gasteiger partial charge < -0.3 is 19.9 Å². The smallest absolute Gasteiger partial charge is 0.275 e. The lowest BCUT2D eigenvalue weighted by atomic mass is 9.95. The highest BCUT2D eigenvalue weighted by Gasteiger charge is 2.51. The van der Waals surface area contributed by atoms with Crippen molar-refractivity contribution < 1.29 is 19.1 Å². The van der Waals surface area contributed by atoms with Crippen LogP contribution < -0.4 is 10.7 Å². The Balaban J connectivity index is 1.45. The SMILES string of the molecule is Cc1cccc(CNC(=O)c2cn3c(c(O)c2=O)C(=O)N2[C@@H]4CC[C@@H](C4)[C@@H]2C3)c1F. The molecule has 3 aliphatic rings. The van der Waals surface area contributed by atoms with E-state index in [0.29, 0.717) is 23.6 Å². The van der Waals surface area contributed by atoms with Crippen molar-refractivity contribution >= 4 is 11.8 Å². The number of aromatic hydroxyl groups is 1. The third kappa shape index (κ3) is 2.66. The van der Waals surface area contributed by atoms with Crippen LogP contribution >= 0.6 is 0 Å². The zero-order valence-corrected chi connectivity index (χ0v) is 16.5. The van der Waals surface area contributed by atoms with Gasteiger partial charge in [-0.15, -0.1) is 0 Å². The van der Waals surface area contributed by atoms with E-state index in [1.165, 1.54) is 10.8 Å². The predicted molar refractivity (Wildman–Crippen MR) is 106 cm³/mol. The molecule has 2 amide bonds. The lowest BCUT2D eigenvalue weighted by molar-refractivity contribution is 0.0482. The van der Waals surface area contributed by atoms with Crippen molar-refractivity contribution in [2.24, 2.45) is 5.92 Å². The van der Waals surface area contributed by atoms with Crippen LogP contribution in [0.3, 0.4) is 0 Å². The molecule has 1 saturated heterocycles. The second kappa shape index (κ2) is 6.68. The normalized spacial score (nSPS) is 24.0. The molecular weight excluding hydrogens is 389 g/mol. The van der Waals surface area contributed by atoms with Crippen LogP contribution in [0, 0.1) is 18.7 Å². The van der Waals surface area contributed by atoms with E-state index in [1.54, 1.807) is 25.1 Å². The minimum atomic E-state index is -0.889. The van der Waals surface area contributed by atoms with Gasteiger partial charge >= 0.3 is 0 Å². The Labute approximate surface area is 172 Å². The molecule has 1 aliphatic carbocycles. The number of amides is 2. The molecule has 0 radical (unpaired) electrons. The molecule has 1 saturated carbocycles. The summed E-state index contributed by atoms with van der Waals surface area (Å²) >= 11 is 0. The van der Waals surface area contributed by atoms with Crippen molar-refractivity contribution in [1.82, 2.24) is 14.8 Å². The van der Waals surface area contributed by atoms with Gasteiger partial charge in [0, 0.05) is 30.9 Å². The van der Waals surface area contributed by atoms with Crippen LogP contribution in [-0.4, -0.2) is 38.5 Å². The van der Waals surface area contributed by atoms with Gasteiger partial charge in [0.1, 0.15) is 11.4 Å². The number of aromatic nitrogens is 1. The molecule has 1 aromatic heterocycles. The number of rotatable bonds is 3. The zero-order valence-electron chi connectivity index (χ0n) is 16.5. The topological polar surface area (TPSA) is 91.6 Å². The van der Waals surface area contributed by atoms with Gasteiger partial charge in [-0.1, -0.05) is 18.2 Å². The van der Waals surface area contributed by atoms with Gasteiger partial charge in [0.05, 0.1) is 6.04 Å². The number of carbonyl (C=O) groups is 2. The van der Waals surface area contributed by atoms with Gasteiger partial charge in [-0.3, -0.25) is 14.4 Å². The monoisotopic (exact) mass is 411 g/mol. The fraction of sp³-hybridized carbons (Fsp3) is 0.409. The van der Waals surface area contributed by atoms with Crippen LogP contribution in [0.25, 0.3) is 0 Å². The molecule has 2 aromatic rings. The predicted octanol–water partition coefficient (Wildman–Crippen LogP) is 1.94.